The first kappa shape index (κ1) is 11.3. The van der Waals surface area contributed by atoms with Gasteiger partial charge in [0.1, 0.15) is 6.29 Å². The number of hydrogen-bond acceptors (Lipinski definition) is 2. The Kier molecular flexibility index (Phi) is 3.73. The van der Waals surface area contributed by atoms with Gasteiger partial charge < -0.3 is 4.74 Å². The minimum absolute atomic E-state index is 0.560. The molecule has 0 amide bonds. The van der Waals surface area contributed by atoms with Crippen LogP contribution in [0.4, 0.5) is 0 Å². The van der Waals surface area contributed by atoms with E-state index < -0.39 is 0 Å². The number of benzene rings is 1. The van der Waals surface area contributed by atoms with Crippen molar-refractivity contribution in [1.29, 1.82) is 0 Å². The van der Waals surface area contributed by atoms with E-state index in [1.54, 1.807) is 0 Å². The molecule has 86 valence electrons. The highest BCUT2D eigenvalue weighted by Gasteiger charge is 2.21. The second kappa shape index (κ2) is 5.26. The van der Waals surface area contributed by atoms with E-state index in [0.29, 0.717) is 5.92 Å². The van der Waals surface area contributed by atoms with Gasteiger partial charge in [0.25, 0.3) is 0 Å². The first-order valence-electron chi connectivity index (χ1n) is 5.94. The highest BCUT2D eigenvalue weighted by atomic mass is 16.5. The highest BCUT2D eigenvalue weighted by molar-refractivity contribution is 5.74. The maximum atomic E-state index is 10.6. The summed E-state index contributed by atoms with van der Waals surface area (Å²) in [6, 6.07) is 7.95. The standard InChI is InChI=1S/C14H18O2/c1-11(14-6-8-16-9-7-14)13-4-2-12(10-15)3-5-13/h2-5,10-11,14H,6-9H2,1H3. The average Bonchev–Trinajstić information content (AvgIpc) is 2.39. The first-order valence-corrected chi connectivity index (χ1v) is 5.94. The zero-order chi connectivity index (χ0) is 11.4. The van der Waals surface area contributed by atoms with Gasteiger partial charge in [0.15, 0.2) is 0 Å². The number of ether oxygens (including phenoxy) is 1. The molecule has 2 nitrogen and oxygen atoms in total. The van der Waals surface area contributed by atoms with Crippen molar-refractivity contribution in [2.45, 2.75) is 25.7 Å². The smallest absolute Gasteiger partial charge is 0.150 e. The summed E-state index contributed by atoms with van der Waals surface area (Å²) in [5, 5.41) is 0. The Labute approximate surface area is 96.6 Å². The Hall–Kier alpha value is -1.15. The van der Waals surface area contributed by atoms with Gasteiger partial charge in [-0.2, -0.15) is 0 Å². The van der Waals surface area contributed by atoms with Gasteiger partial charge in [0, 0.05) is 18.8 Å². The minimum Gasteiger partial charge on any atom is -0.381 e. The fourth-order valence-electron chi connectivity index (χ4n) is 2.37. The van der Waals surface area contributed by atoms with Crippen molar-refractivity contribution in [1.82, 2.24) is 0 Å². The zero-order valence-electron chi connectivity index (χ0n) is 9.69. The third kappa shape index (κ3) is 2.50. The van der Waals surface area contributed by atoms with Crippen LogP contribution in [-0.4, -0.2) is 19.5 Å². The molecule has 0 aromatic heterocycles. The molecule has 1 aromatic rings. The summed E-state index contributed by atoms with van der Waals surface area (Å²) in [6.07, 6.45) is 3.19. The maximum absolute atomic E-state index is 10.6. The molecule has 0 saturated carbocycles. The molecule has 0 radical (unpaired) electrons. The lowest BCUT2D eigenvalue weighted by Crippen LogP contribution is -2.20. The van der Waals surface area contributed by atoms with Gasteiger partial charge in [-0.15, -0.1) is 0 Å². The quantitative estimate of drug-likeness (QED) is 0.729. The molecule has 0 bridgehead atoms. The van der Waals surface area contributed by atoms with Crippen LogP contribution in [0.1, 0.15) is 41.6 Å². The van der Waals surface area contributed by atoms with Gasteiger partial charge in [-0.05, 0) is 30.2 Å². The number of hydrogen-bond donors (Lipinski definition) is 0. The Morgan fingerprint density at radius 2 is 1.88 bits per heavy atom. The van der Waals surface area contributed by atoms with Gasteiger partial charge in [-0.1, -0.05) is 31.2 Å². The Morgan fingerprint density at radius 3 is 2.44 bits per heavy atom. The molecule has 1 aliphatic rings. The average molecular weight is 218 g/mol. The third-order valence-electron chi connectivity index (χ3n) is 3.57. The second-order valence-electron chi connectivity index (χ2n) is 4.52. The van der Waals surface area contributed by atoms with E-state index in [2.05, 4.69) is 19.1 Å². The molecule has 0 aliphatic carbocycles. The second-order valence-corrected chi connectivity index (χ2v) is 4.52. The topological polar surface area (TPSA) is 26.3 Å². The van der Waals surface area contributed by atoms with Crippen molar-refractivity contribution in [2.75, 3.05) is 13.2 Å². The van der Waals surface area contributed by atoms with E-state index in [4.69, 9.17) is 4.74 Å². The third-order valence-corrected chi connectivity index (χ3v) is 3.57. The molecule has 1 saturated heterocycles. The fourth-order valence-corrected chi connectivity index (χ4v) is 2.37. The number of carbonyl (C=O) groups excluding carboxylic acids is 1. The van der Waals surface area contributed by atoms with Crippen LogP contribution < -0.4 is 0 Å². The molecular weight excluding hydrogens is 200 g/mol. The molecule has 0 N–H and O–H groups in total. The van der Waals surface area contributed by atoms with Crippen LogP contribution in [0.5, 0.6) is 0 Å². The summed E-state index contributed by atoms with van der Waals surface area (Å²) in [7, 11) is 0. The zero-order valence-corrected chi connectivity index (χ0v) is 9.69. The van der Waals surface area contributed by atoms with E-state index in [1.807, 2.05) is 12.1 Å². The van der Waals surface area contributed by atoms with Gasteiger partial charge in [0.05, 0.1) is 0 Å². The van der Waals surface area contributed by atoms with Crippen LogP contribution in [-0.2, 0) is 4.74 Å². The van der Waals surface area contributed by atoms with Gasteiger partial charge in [-0.3, -0.25) is 4.79 Å². The lowest BCUT2D eigenvalue weighted by Gasteiger charge is -2.28. The van der Waals surface area contributed by atoms with Crippen molar-refractivity contribution >= 4 is 6.29 Å². The molecule has 1 fully saturated rings. The van der Waals surface area contributed by atoms with E-state index in [1.165, 1.54) is 5.56 Å². The van der Waals surface area contributed by atoms with Crippen molar-refractivity contribution < 1.29 is 9.53 Å². The molecule has 0 spiro atoms. The van der Waals surface area contributed by atoms with Gasteiger partial charge >= 0.3 is 0 Å². The van der Waals surface area contributed by atoms with Crippen LogP contribution in [0.25, 0.3) is 0 Å². The summed E-state index contributed by atoms with van der Waals surface area (Å²) in [5.74, 6) is 1.28. The lowest BCUT2D eigenvalue weighted by atomic mass is 9.82. The van der Waals surface area contributed by atoms with Crippen molar-refractivity contribution in [3.8, 4) is 0 Å². The lowest BCUT2D eigenvalue weighted by molar-refractivity contribution is 0.0596. The van der Waals surface area contributed by atoms with Crippen molar-refractivity contribution in [3.05, 3.63) is 35.4 Å². The van der Waals surface area contributed by atoms with Crippen molar-refractivity contribution in [2.24, 2.45) is 5.92 Å². The van der Waals surface area contributed by atoms with Crippen LogP contribution in [0, 0.1) is 5.92 Å². The van der Waals surface area contributed by atoms with E-state index in [-0.39, 0.29) is 0 Å². The SMILES string of the molecule is CC(c1ccc(C=O)cc1)C1CCOCC1. The number of rotatable bonds is 3. The van der Waals surface area contributed by atoms with E-state index >= 15 is 0 Å². The van der Waals surface area contributed by atoms with Crippen molar-refractivity contribution in [3.63, 3.8) is 0 Å². The first-order chi connectivity index (χ1) is 7.81. The predicted octanol–water partition coefficient (Wildman–Crippen LogP) is 3.03. The summed E-state index contributed by atoms with van der Waals surface area (Å²) in [4.78, 5) is 10.6. The molecule has 16 heavy (non-hydrogen) atoms. The largest absolute Gasteiger partial charge is 0.381 e. The van der Waals surface area contributed by atoms with Gasteiger partial charge in [0.2, 0.25) is 0 Å². The Morgan fingerprint density at radius 1 is 1.25 bits per heavy atom. The molecule has 1 unspecified atom stereocenters. The van der Waals surface area contributed by atoms with Crippen LogP contribution in [0.2, 0.25) is 0 Å². The predicted molar refractivity (Wildman–Crippen MR) is 63.8 cm³/mol. The molecule has 1 heterocycles. The maximum Gasteiger partial charge on any atom is 0.150 e. The Bertz CT molecular complexity index is 336. The molecule has 2 heteroatoms. The molecule has 1 aliphatic heterocycles. The number of carbonyl (C=O) groups is 1. The number of aldehydes is 1. The van der Waals surface area contributed by atoms with E-state index in [0.717, 1.165) is 43.8 Å². The Balaban J connectivity index is 2.06. The van der Waals surface area contributed by atoms with E-state index in [9.17, 15) is 4.79 Å². The minimum atomic E-state index is 0.560. The van der Waals surface area contributed by atoms with Crippen LogP contribution >= 0.6 is 0 Å². The normalized spacial score (nSPS) is 19.3. The monoisotopic (exact) mass is 218 g/mol. The highest BCUT2D eigenvalue weighted by Crippen LogP contribution is 2.31. The van der Waals surface area contributed by atoms with Crippen LogP contribution in [0.3, 0.4) is 0 Å². The summed E-state index contributed by atoms with van der Waals surface area (Å²) < 4.78 is 5.38. The summed E-state index contributed by atoms with van der Waals surface area (Å²) >= 11 is 0. The molecule has 1 aromatic carbocycles. The summed E-state index contributed by atoms with van der Waals surface area (Å²) in [5.41, 5.74) is 2.08. The molecular formula is C14H18O2. The molecule has 2 rings (SSSR count). The van der Waals surface area contributed by atoms with Crippen LogP contribution in [0.15, 0.2) is 24.3 Å². The fraction of sp³-hybridized carbons (Fsp3) is 0.500. The summed E-state index contributed by atoms with van der Waals surface area (Å²) in [6.45, 7) is 4.05. The van der Waals surface area contributed by atoms with Gasteiger partial charge in [-0.25, -0.2) is 0 Å². The molecule has 1 atom stereocenters.